The monoisotopic (exact) mass is 386 g/mol. The molecular formula is C17H24Cl2N4O2. The molecule has 1 heterocycles. The summed E-state index contributed by atoms with van der Waals surface area (Å²) in [5.41, 5.74) is 0.366. The van der Waals surface area contributed by atoms with Gasteiger partial charge in [0.25, 0.3) is 0 Å². The second-order valence-corrected chi connectivity index (χ2v) is 7.93. The zero-order valence-corrected chi connectivity index (χ0v) is 16.2. The molecule has 138 valence electrons. The van der Waals surface area contributed by atoms with E-state index in [0.29, 0.717) is 48.5 Å². The minimum Gasteiger partial charge on any atom is -0.350 e. The third-order valence-electron chi connectivity index (χ3n) is 3.71. The van der Waals surface area contributed by atoms with Crippen LogP contribution >= 0.6 is 23.2 Å². The Morgan fingerprint density at radius 2 is 1.72 bits per heavy atom. The number of nitrogens with zero attached hydrogens (tertiary/aromatic N) is 2. The molecule has 0 spiro atoms. The quantitative estimate of drug-likeness (QED) is 0.838. The maximum atomic E-state index is 12.3. The van der Waals surface area contributed by atoms with E-state index in [0.717, 1.165) is 0 Å². The molecule has 0 unspecified atom stereocenters. The molecule has 0 radical (unpaired) electrons. The lowest BCUT2D eigenvalue weighted by Gasteiger charge is -2.34. The number of hydrogen-bond donors (Lipinski definition) is 2. The van der Waals surface area contributed by atoms with Crippen molar-refractivity contribution in [1.82, 2.24) is 15.1 Å². The number of benzene rings is 1. The van der Waals surface area contributed by atoms with Gasteiger partial charge in [-0.15, -0.1) is 0 Å². The van der Waals surface area contributed by atoms with E-state index in [2.05, 4.69) is 10.6 Å². The molecule has 1 aromatic carbocycles. The number of halogens is 2. The summed E-state index contributed by atoms with van der Waals surface area (Å²) in [6.07, 6.45) is 0. The summed E-state index contributed by atoms with van der Waals surface area (Å²) >= 11 is 11.8. The van der Waals surface area contributed by atoms with E-state index < -0.39 is 0 Å². The average molecular weight is 387 g/mol. The largest absolute Gasteiger partial charge is 0.350 e. The van der Waals surface area contributed by atoms with Crippen LogP contribution in [0.1, 0.15) is 20.8 Å². The van der Waals surface area contributed by atoms with E-state index in [4.69, 9.17) is 23.2 Å². The highest BCUT2D eigenvalue weighted by Gasteiger charge is 2.23. The van der Waals surface area contributed by atoms with Crippen molar-refractivity contribution in [3.05, 3.63) is 28.2 Å². The second-order valence-electron chi connectivity index (χ2n) is 7.12. The highest BCUT2D eigenvalue weighted by molar-refractivity contribution is 6.42. The first-order chi connectivity index (χ1) is 11.6. The van der Waals surface area contributed by atoms with Crippen LogP contribution in [0.4, 0.5) is 10.5 Å². The van der Waals surface area contributed by atoms with Gasteiger partial charge < -0.3 is 15.5 Å². The van der Waals surface area contributed by atoms with Crippen LogP contribution in [0.15, 0.2) is 18.2 Å². The lowest BCUT2D eigenvalue weighted by atomic mass is 10.1. The molecule has 3 amide bonds. The van der Waals surface area contributed by atoms with E-state index in [1.165, 1.54) is 0 Å². The number of amides is 3. The van der Waals surface area contributed by atoms with Crippen LogP contribution in [0.25, 0.3) is 0 Å². The maximum Gasteiger partial charge on any atom is 0.321 e. The number of hydrogen-bond acceptors (Lipinski definition) is 3. The first kappa shape index (κ1) is 19.8. The van der Waals surface area contributed by atoms with Crippen LogP contribution in [0, 0.1) is 0 Å². The molecule has 1 aliphatic rings. The molecule has 2 rings (SSSR count). The number of nitrogens with one attached hydrogen (secondary N) is 2. The van der Waals surface area contributed by atoms with Gasteiger partial charge in [-0.05, 0) is 39.0 Å². The SMILES string of the molecule is CC(C)(C)NC(=O)CN1CCN(C(=O)Nc2ccc(Cl)c(Cl)c2)CC1. The lowest BCUT2D eigenvalue weighted by molar-refractivity contribution is -0.123. The molecule has 6 nitrogen and oxygen atoms in total. The Morgan fingerprint density at radius 3 is 2.28 bits per heavy atom. The fraction of sp³-hybridized carbons (Fsp3) is 0.529. The molecule has 2 N–H and O–H groups in total. The summed E-state index contributed by atoms with van der Waals surface area (Å²) in [7, 11) is 0. The van der Waals surface area contributed by atoms with Gasteiger partial charge in [-0.1, -0.05) is 23.2 Å². The third-order valence-corrected chi connectivity index (χ3v) is 4.45. The Balaban J connectivity index is 1.80. The summed E-state index contributed by atoms with van der Waals surface area (Å²) < 4.78 is 0. The summed E-state index contributed by atoms with van der Waals surface area (Å²) in [4.78, 5) is 28.1. The Labute approximate surface area is 158 Å². The van der Waals surface area contributed by atoms with Crippen LogP contribution in [0.5, 0.6) is 0 Å². The van der Waals surface area contributed by atoms with Crippen molar-refractivity contribution in [2.45, 2.75) is 26.3 Å². The predicted octanol–water partition coefficient (Wildman–Crippen LogP) is 3.06. The molecule has 25 heavy (non-hydrogen) atoms. The van der Waals surface area contributed by atoms with E-state index in [1.54, 1.807) is 23.1 Å². The van der Waals surface area contributed by atoms with Crippen molar-refractivity contribution in [2.24, 2.45) is 0 Å². The first-order valence-electron chi connectivity index (χ1n) is 8.18. The van der Waals surface area contributed by atoms with Crippen LogP contribution in [0.3, 0.4) is 0 Å². The van der Waals surface area contributed by atoms with Gasteiger partial charge in [0.1, 0.15) is 0 Å². The number of anilines is 1. The van der Waals surface area contributed by atoms with Gasteiger partial charge in [0.05, 0.1) is 16.6 Å². The van der Waals surface area contributed by atoms with Gasteiger partial charge >= 0.3 is 6.03 Å². The molecule has 1 aliphatic heterocycles. The second kappa shape index (κ2) is 8.25. The fourth-order valence-corrected chi connectivity index (χ4v) is 2.84. The van der Waals surface area contributed by atoms with Crippen LogP contribution < -0.4 is 10.6 Å². The van der Waals surface area contributed by atoms with Crippen molar-refractivity contribution in [3.63, 3.8) is 0 Å². The predicted molar refractivity (Wildman–Crippen MR) is 101 cm³/mol. The molecule has 1 saturated heterocycles. The summed E-state index contributed by atoms with van der Waals surface area (Å²) in [6, 6.07) is 4.79. The number of carbonyl (C=O) groups is 2. The highest BCUT2D eigenvalue weighted by atomic mass is 35.5. The lowest BCUT2D eigenvalue weighted by Crippen LogP contribution is -2.53. The number of rotatable bonds is 3. The zero-order chi connectivity index (χ0) is 18.6. The molecule has 0 saturated carbocycles. The van der Waals surface area contributed by atoms with Crippen molar-refractivity contribution in [2.75, 3.05) is 38.0 Å². The minimum absolute atomic E-state index is 0.00112. The zero-order valence-electron chi connectivity index (χ0n) is 14.7. The molecule has 8 heteroatoms. The summed E-state index contributed by atoms with van der Waals surface area (Å²) in [5.74, 6) is 0.00112. The number of urea groups is 1. The van der Waals surface area contributed by atoms with E-state index in [9.17, 15) is 9.59 Å². The standard InChI is InChI=1S/C17H24Cl2N4O2/c1-17(2,3)21-15(24)11-22-6-8-23(9-7-22)16(25)20-12-4-5-13(18)14(19)10-12/h4-5,10H,6-9,11H2,1-3H3,(H,20,25)(H,21,24). The van der Waals surface area contributed by atoms with Crippen molar-refractivity contribution < 1.29 is 9.59 Å². The van der Waals surface area contributed by atoms with Gasteiger partial charge in [0.15, 0.2) is 0 Å². The Kier molecular flexibility index (Phi) is 6.54. The molecular weight excluding hydrogens is 363 g/mol. The molecule has 0 atom stereocenters. The molecule has 0 bridgehead atoms. The summed E-state index contributed by atoms with van der Waals surface area (Å²) in [5, 5.41) is 6.60. The Morgan fingerprint density at radius 1 is 1.08 bits per heavy atom. The average Bonchev–Trinajstić information content (AvgIpc) is 2.49. The van der Waals surface area contributed by atoms with Crippen molar-refractivity contribution >= 4 is 40.8 Å². The van der Waals surface area contributed by atoms with Crippen molar-refractivity contribution in [3.8, 4) is 0 Å². The van der Waals surface area contributed by atoms with Gasteiger partial charge in [-0.3, -0.25) is 9.69 Å². The normalized spacial score (nSPS) is 15.8. The third kappa shape index (κ3) is 6.38. The van der Waals surface area contributed by atoms with Gasteiger partial charge in [-0.25, -0.2) is 4.79 Å². The molecule has 0 aromatic heterocycles. The Hall–Kier alpha value is -1.50. The van der Waals surface area contributed by atoms with E-state index in [-0.39, 0.29) is 17.5 Å². The van der Waals surface area contributed by atoms with Gasteiger partial charge in [0, 0.05) is 37.4 Å². The van der Waals surface area contributed by atoms with Crippen LogP contribution in [0.2, 0.25) is 10.0 Å². The molecule has 1 fully saturated rings. The molecule has 1 aromatic rings. The summed E-state index contributed by atoms with van der Waals surface area (Å²) in [6.45, 7) is 8.66. The first-order valence-corrected chi connectivity index (χ1v) is 8.94. The minimum atomic E-state index is -0.237. The van der Waals surface area contributed by atoms with Crippen molar-refractivity contribution in [1.29, 1.82) is 0 Å². The number of piperazine rings is 1. The van der Waals surface area contributed by atoms with E-state index in [1.807, 2.05) is 25.7 Å². The topological polar surface area (TPSA) is 64.7 Å². The van der Waals surface area contributed by atoms with Crippen LogP contribution in [-0.2, 0) is 4.79 Å². The highest BCUT2D eigenvalue weighted by Crippen LogP contribution is 2.25. The van der Waals surface area contributed by atoms with E-state index >= 15 is 0 Å². The number of carbonyl (C=O) groups excluding carboxylic acids is 2. The van der Waals surface area contributed by atoms with Gasteiger partial charge in [0.2, 0.25) is 5.91 Å². The molecule has 0 aliphatic carbocycles. The fourth-order valence-electron chi connectivity index (χ4n) is 2.55. The van der Waals surface area contributed by atoms with Crippen LogP contribution in [-0.4, -0.2) is 60.0 Å². The van der Waals surface area contributed by atoms with Gasteiger partial charge in [-0.2, -0.15) is 0 Å². The smallest absolute Gasteiger partial charge is 0.321 e. The Bertz CT molecular complexity index is 638. The maximum absolute atomic E-state index is 12.3.